The topological polar surface area (TPSA) is 51.8 Å². The van der Waals surface area contributed by atoms with E-state index in [1.54, 1.807) is 12.5 Å². The Labute approximate surface area is 111 Å². The molecule has 19 heavy (non-hydrogen) atoms. The molecule has 3 aromatic rings. The molecule has 0 spiro atoms. The summed E-state index contributed by atoms with van der Waals surface area (Å²) in [5.41, 5.74) is 10.9. The Kier molecular flexibility index (Phi) is 2.94. The van der Waals surface area contributed by atoms with Crippen molar-refractivity contribution < 1.29 is 0 Å². The van der Waals surface area contributed by atoms with Crippen molar-refractivity contribution in [3.63, 3.8) is 0 Å². The first-order chi connectivity index (χ1) is 9.36. The largest absolute Gasteiger partial charge is 0.398 e. The molecule has 2 aromatic carbocycles. The van der Waals surface area contributed by atoms with Gasteiger partial charge in [0.05, 0.1) is 5.69 Å². The molecule has 3 nitrogen and oxygen atoms in total. The van der Waals surface area contributed by atoms with E-state index in [9.17, 15) is 0 Å². The van der Waals surface area contributed by atoms with Gasteiger partial charge in [0, 0.05) is 23.0 Å². The highest BCUT2D eigenvalue weighted by atomic mass is 14.8. The third-order valence-corrected chi connectivity index (χ3v) is 3.04. The zero-order chi connectivity index (χ0) is 13.1. The van der Waals surface area contributed by atoms with Crippen LogP contribution in [0.4, 0.5) is 5.69 Å². The van der Waals surface area contributed by atoms with Gasteiger partial charge < -0.3 is 5.73 Å². The molecule has 0 saturated carbocycles. The zero-order valence-electron chi connectivity index (χ0n) is 10.3. The van der Waals surface area contributed by atoms with E-state index in [0.29, 0.717) is 0 Å². The van der Waals surface area contributed by atoms with Gasteiger partial charge in [0.25, 0.3) is 0 Å². The number of nitrogen functional groups attached to an aromatic ring is 1. The van der Waals surface area contributed by atoms with E-state index < -0.39 is 0 Å². The van der Waals surface area contributed by atoms with E-state index in [4.69, 9.17) is 5.73 Å². The highest BCUT2D eigenvalue weighted by Gasteiger charge is 2.09. The summed E-state index contributed by atoms with van der Waals surface area (Å²) < 4.78 is 0. The van der Waals surface area contributed by atoms with Gasteiger partial charge in [-0.15, -0.1) is 0 Å². The van der Waals surface area contributed by atoms with Gasteiger partial charge >= 0.3 is 0 Å². The van der Waals surface area contributed by atoms with Crippen LogP contribution in [0.3, 0.4) is 0 Å². The molecule has 0 fully saturated rings. The second kappa shape index (κ2) is 4.90. The smallest absolute Gasteiger partial charge is 0.116 e. The van der Waals surface area contributed by atoms with Gasteiger partial charge in [0.15, 0.2) is 0 Å². The van der Waals surface area contributed by atoms with Crippen LogP contribution >= 0.6 is 0 Å². The van der Waals surface area contributed by atoms with Crippen LogP contribution in [-0.4, -0.2) is 9.97 Å². The molecule has 2 N–H and O–H groups in total. The lowest BCUT2D eigenvalue weighted by atomic mass is 9.96. The van der Waals surface area contributed by atoms with Crippen LogP contribution in [0, 0.1) is 0 Å². The van der Waals surface area contributed by atoms with E-state index in [2.05, 4.69) is 16.0 Å². The maximum absolute atomic E-state index is 6.07. The van der Waals surface area contributed by atoms with Crippen LogP contribution in [0.15, 0.2) is 67.1 Å². The fourth-order valence-corrected chi connectivity index (χ4v) is 2.13. The molecular formula is C16H13N3. The number of nitrogens with two attached hydrogens (primary N) is 1. The summed E-state index contributed by atoms with van der Waals surface area (Å²) >= 11 is 0. The molecule has 3 heteroatoms. The third kappa shape index (κ3) is 2.18. The number of aromatic nitrogens is 2. The molecule has 0 aliphatic rings. The normalized spacial score (nSPS) is 10.3. The van der Waals surface area contributed by atoms with Crippen molar-refractivity contribution in [1.29, 1.82) is 0 Å². The molecule has 0 atom stereocenters. The van der Waals surface area contributed by atoms with Crippen LogP contribution in [0.25, 0.3) is 22.4 Å². The Morgan fingerprint density at radius 1 is 0.737 bits per heavy atom. The number of para-hydroxylation sites is 1. The number of hydrogen-bond acceptors (Lipinski definition) is 3. The maximum Gasteiger partial charge on any atom is 0.116 e. The Balaban J connectivity index is 2.21. The van der Waals surface area contributed by atoms with E-state index in [1.807, 2.05) is 48.5 Å². The second-order valence-electron chi connectivity index (χ2n) is 4.23. The zero-order valence-corrected chi connectivity index (χ0v) is 10.3. The molecule has 3 rings (SSSR count). The van der Waals surface area contributed by atoms with Crippen molar-refractivity contribution >= 4 is 5.69 Å². The predicted molar refractivity (Wildman–Crippen MR) is 77.3 cm³/mol. The Morgan fingerprint density at radius 2 is 1.42 bits per heavy atom. The van der Waals surface area contributed by atoms with Gasteiger partial charge in [0.2, 0.25) is 0 Å². The van der Waals surface area contributed by atoms with Crippen LogP contribution in [0.1, 0.15) is 0 Å². The average molecular weight is 247 g/mol. The Morgan fingerprint density at radius 3 is 2.11 bits per heavy atom. The number of rotatable bonds is 2. The average Bonchev–Trinajstić information content (AvgIpc) is 2.49. The molecule has 0 bridgehead atoms. The van der Waals surface area contributed by atoms with E-state index in [1.165, 1.54) is 0 Å². The van der Waals surface area contributed by atoms with E-state index in [0.717, 1.165) is 28.1 Å². The summed E-state index contributed by atoms with van der Waals surface area (Å²) in [6, 6.07) is 17.9. The van der Waals surface area contributed by atoms with Gasteiger partial charge in [0.1, 0.15) is 6.33 Å². The number of benzene rings is 2. The minimum Gasteiger partial charge on any atom is -0.398 e. The first kappa shape index (κ1) is 11.4. The minimum absolute atomic E-state index is 0.768. The second-order valence-corrected chi connectivity index (χ2v) is 4.23. The molecule has 0 aliphatic carbocycles. The summed E-state index contributed by atoms with van der Waals surface area (Å²) in [6.45, 7) is 0. The quantitative estimate of drug-likeness (QED) is 0.706. The number of anilines is 1. The first-order valence-electron chi connectivity index (χ1n) is 6.06. The fraction of sp³-hybridized carbons (Fsp3) is 0. The molecule has 1 aromatic heterocycles. The minimum atomic E-state index is 0.768. The number of nitrogens with zero attached hydrogens (tertiary/aromatic N) is 2. The molecule has 0 radical (unpaired) electrons. The molecule has 0 unspecified atom stereocenters. The van der Waals surface area contributed by atoms with Crippen molar-refractivity contribution in [2.24, 2.45) is 0 Å². The standard InChI is InChI=1S/C16H13N3/c17-15-8-4-3-6-13(15)12-5-1-2-7-14(12)16-9-10-18-11-19-16/h1-11H,17H2. The summed E-state index contributed by atoms with van der Waals surface area (Å²) in [5, 5.41) is 0. The van der Waals surface area contributed by atoms with E-state index >= 15 is 0 Å². The summed E-state index contributed by atoms with van der Waals surface area (Å²) in [5.74, 6) is 0. The molecule has 0 amide bonds. The summed E-state index contributed by atoms with van der Waals surface area (Å²) in [7, 11) is 0. The van der Waals surface area contributed by atoms with Crippen molar-refractivity contribution in [3.8, 4) is 22.4 Å². The van der Waals surface area contributed by atoms with Crippen LogP contribution < -0.4 is 5.73 Å². The first-order valence-corrected chi connectivity index (χ1v) is 6.06. The molecule has 1 heterocycles. The highest BCUT2D eigenvalue weighted by molar-refractivity contribution is 5.87. The molecule has 0 saturated heterocycles. The fourth-order valence-electron chi connectivity index (χ4n) is 2.13. The molecule has 92 valence electrons. The van der Waals surface area contributed by atoms with Crippen molar-refractivity contribution in [2.75, 3.05) is 5.73 Å². The lowest BCUT2D eigenvalue weighted by molar-refractivity contribution is 1.17. The van der Waals surface area contributed by atoms with Gasteiger partial charge in [-0.2, -0.15) is 0 Å². The van der Waals surface area contributed by atoms with Crippen molar-refractivity contribution in [3.05, 3.63) is 67.1 Å². The van der Waals surface area contributed by atoms with Gasteiger partial charge in [-0.3, -0.25) is 0 Å². The summed E-state index contributed by atoms with van der Waals surface area (Å²) in [4.78, 5) is 8.27. The van der Waals surface area contributed by atoms with Crippen molar-refractivity contribution in [2.45, 2.75) is 0 Å². The van der Waals surface area contributed by atoms with Gasteiger partial charge in [-0.25, -0.2) is 9.97 Å². The third-order valence-electron chi connectivity index (χ3n) is 3.04. The SMILES string of the molecule is Nc1ccccc1-c1ccccc1-c1ccncn1. The lowest BCUT2D eigenvalue weighted by Crippen LogP contribution is -1.92. The number of hydrogen-bond donors (Lipinski definition) is 1. The predicted octanol–water partition coefficient (Wildman–Crippen LogP) is 3.39. The Bertz CT molecular complexity index is 693. The van der Waals surface area contributed by atoms with Crippen LogP contribution in [-0.2, 0) is 0 Å². The molecule has 0 aliphatic heterocycles. The maximum atomic E-state index is 6.07. The van der Waals surface area contributed by atoms with Gasteiger partial charge in [-0.05, 0) is 17.7 Å². The molecular weight excluding hydrogens is 234 g/mol. The summed E-state index contributed by atoms with van der Waals surface area (Å²) in [6.07, 6.45) is 3.30. The Hall–Kier alpha value is -2.68. The van der Waals surface area contributed by atoms with Gasteiger partial charge in [-0.1, -0.05) is 42.5 Å². The van der Waals surface area contributed by atoms with Crippen LogP contribution in [0.2, 0.25) is 0 Å². The lowest BCUT2D eigenvalue weighted by Gasteiger charge is -2.11. The van der Waals surface area contributed by atoms with E-state index in [-0.39, 0.29) is 0 Å². The van der Waals surface area contributed by atoms with Crippen molar-refractivity contribution in [1.82, 2.24) is 9.97 Å². The highest BCUT2D eigenvalue weighted by Crippen LogP contribution is 2.33. The monoisotopic (exact) mass is 247 g/mol. The van der Waals surface area contributed by atoms with Crippen LogP contribution in [0.5, 0.6) is 0 Å².